The number of rotatable bonds is 3. The molecule has 3 heterocycles. The van der Waals surface area contributed by atoms with Crippen molar-refractivity contribution in [3.63, 3.8) is 0 Å². The lowest BCUT2D eigenvalue weighted by Crippen LogP contribution is -1.92. The van der Waals surface area contributed by atoms with E-state index in [0.29, 0.717) is 5.82 Å². The third-order valence-corrected chi connectivity index (χ3v) is 4.96. The zero-order valence-corrected chi connectivity index (χ0v) is 12.1. The van der Waals surface area contributed by atoms with E-state index in [2.05, 4.69) is 34.4 Å². The van der Waals surface area contributed by atoms with Crippen molar-refractivity contribution < 1.29 is 0 Å². The number of thiophene rings is 1. The molecule has 5 heteroatoms. The van der Waals surface area contributed by atoms with Gasteiger partial charge in [-0.15, -0.1) is 22.7 Å². The van der Waals surface area contributed by atoms with Crippen LogP contribution in [0.2, 0.25) is 0 Å². The molecule has 0 bridgehead atoms. The summed E-state index contributed by atoms with van der Waals surface area (Å²) in [4.78, 5) is 11.4. The molecular weight excluding hydrogens is 274 g/mol. The molecule has 0 saturated heterocycles. The van der Waals surface area contributed by atoms with E-state index in [1.165, 1.54) is 9.75 Å². The summed E-state index contributed by atoms with van der Waals surface area (Å²) in [6.45, 7) is 2.17. The van der Waals surface area contributed by atoms with Crippen LogP contribution >= 0.6 is 22.7 Å². The minimum Gasteiger partial charge on any atom is -0.383 e. The predicted molar refractivity (Wildman–Crippen MR) is 82.4 cm³/mol. The molecule has 0 aliphatic heterocycles. The second-order valence-corrected chi connectivity index (χ2v) is 6.12. The van der Waals surface area contributed by atoms with Gasteiger partial charge in [-0.05, 0) is 30.7 Å². The number of hydrogen-bond acceptors (Lipinski definition) is 5. The van der Waals surface area contributed by atoms with Gasteiger partial charge in [0.25, 0.3) is 0 Å². The maximum Gasteiger partial charge on any atom is 0.133 e. The molecule has 2 N–H and O–H groups in total. The van der Waals surface area contributed by atoms with E-state index in [0.717, 1.165) is 22.7 Å². The van der Waals surface area contributed by atoms with Gasteiger partial charge in [0.2, 0.25) is 0 Å². The molecule has 0 spiro atoms. The smallest absolute Gasteiger partial charge is 0.133 e. The number of nitrogen functional groups attached to an aromatic ring is 1. The van der Waals surface area contributed by atoms with Crippen molar-refractivity contribution in [3.05, 3.63) is 40.7 Å². The lowest BCUT2D eigenvalue weighted by atomic mass is 10.2. The lowest BCUT2D eigenvalue weighted by molar-refractivity contribution is 1.19. The van der Waals surface area contributed by atoms with E-state index in [-0.39, 0.29) is 0 Å². The molecule has 0 unspecified atom stereocenters. The van der Waals surface area contributed by atoms with E-state index in [9.17, 15) is 0 Å². The fourth-order valence-electron chi connectivity index (χ4n) is 1.81. The minimum atomic E-state index is 0.531. The predicted octanol–water partition coefficient (Wildman–Crippen LogP) is 4.08. The Kier molecular flexibility index (Phi) is 3.31. The number of aromatic nitrogens is 2. The molecule has 19 heavy (non-hydrogen) atoms. The number of nitrogens with two attached hydrogens (primary N) is 1. The first-order valence-electron chi connectivity index (χ1n) is 6.03. The van der Waals surface area contributed by atoms with E-state index < -0.39 is 0 Å². The molecule has 3 aromatic heterocycles. The van der Waals surface area contributed by atoms with Crippen molar-refractivity contribution in [1.29, 1.82) is 0 Å². The van der Waals surface area contributed by atoms with Gasteiger partial charge in [0, 0.05) is 16.5 Å². The summed E-state index contributed by atoms with van der Waals surface area (Å²) in [6.07, 6.45) is 2.76. The van der Waals surface area contributed by atoms with Gasteiger partial charge in [0.15, 0.2) is 0 Å². The number of aryl methyl sites for hydroxylation is 1. The van der Waals surface area contributed by atoms with Crippen LogP contribution in [0.1, 0.15) is 11.8 Å². The summed E-state index contributed by atoms with van der Waals surface area (Å²) in [7, 11) is 0. The summed E-state index contributed by atoms with van der Waals surface area (Å²) in [5, 5.41) is 3.00. The molecule has 0 aliphatic carbocycles. The highest BCUT2D eigenvalue weighted by Crippen LogP contribution is 2.34. The molecule has 0 aliphatic rings. The van der Waals surface area contributed by atoms with E-state index in [1.807, 2.05) is 12.1 Å². The highest BCUT2D eigenvalue weighted by molar-refractivity contribution is 7.16. The SMILES string of the molecule is CCc1ccc(-c2csc(-c3cccnc3N)n2)s1. The molecule has 0 radical (unpaired) electrons. The molecule has 0 aromatic carbocycles. The standard InChI is InChI=1S/C14H13N3S2/c1-2-9-5-6-12(19-9)11-8-18-14(17-11)10-4-3-7-16-13(10)15/h3-8H,2H2,1H3,(H2,15,16). The summed E-state index contributed by atoms with van der Waals surface area (Å²) in [6, 6.07) is 8.14. The number of thiazole rings is 1. The Morgan fingerprint density at radius 1 is 1.26 bits per heavy atom. The maximum atomic E-state index is 5.88. The average Bonchev–Trinajstić information content (AvgIpc) is 3.08. The number of anilines is 1. The Labute approximate surface area is 119 Å². The molecule has 0 atom stereocenters. The van der Waals surface area contributed by atoms with Crippen molar-refractivity contribution in [3.8, 4) is 21.1 Å². The van der Waals surface area contributed by atoms with Gasteiger partial charge in [-0.25, -0.2) is 9.97 Å². The van der Waals surface area contributed by atoms with E-state index in [1.54, 1.807) is 28.9 Å². The second kappa shape index (κ2) is 5.11. The molecule has 3 nitrogen and oxygen atoms in total. The molecular formula is C14H13N3S2. The molecule has 3 aromatic rings. The monoisotopic (exact) mass is 287 g/mol. The zero-order chi connectivity index (χ0) is 13.2. The average molecular weight is 287 g/mol. The van der Waals surface area contributed by atoms with Gasteiger partial charge in [-0.2, -0.15) is 0 Å². The van der Waals surface area contributed by atoms with Gasteiger partial charge in [-0.1, -0.05) is 6.92 Å². The van der Waals surface area contributed by atoms with Crippen LogP contribution in [0, 0.1) is 0 Å². The zero-order valence-electron chi connectivity index (χ0n) is 10.5. The minimum absolute atomic E-state index is 0.531. The van der Waals surface area contributed by atoms with Crippen LogP contribution in [-0.4, -0.2) is 9.97 Å². The van der Waals surface area contributed by atoms with Crippen molar-refractivity contribution in [2.45, 2.75) is 13.3 Å². The van der Waals surface area contributed by atoms with Crippen LogP contribution in [0.25, 0.3) is 21.1 Å². The van der Waals surface area contributed by atoms with Gasteiger partial charge < -0.3 is 5.73 Å². The van der Waals surface area contributed by atoms with Crippen LogP contribution in [0.5, 0.6) is 0 Å². The van der Waals surface area contributed by atoms with Crippen molar-refractivity contribution in [1.82, 2.24) is 9.97 Å². The first kappa shape index (κ1) is 12.3. The number of pyridine rings is 1. The summed E-state index contributed by atoms with van der Waals surface area (Å²) >= 11 is 3.40. The normalized spacial score (nSPS) is 10.8. The number of nitrogens with zero attached hydrogens (tertiary/aromatic N) is 2. The molecule has 0 saturated carbocycles. The summed E-state index contributed by atoms with van der Waals surface area (Å²) in [5.41, 5.74) is 7.81. The second-order valence-electron chi connectivity index (χ2n) is 4.09. The van der Waals surface area contributed by atoms with Crippen LogP contribution < -0.4 is 5.73 Å². The quantitative estimate of drug-likeness (QED) is 0.789. The topological polar surface area (TPSA) is 51.8 Å². The fourth-order valence-corrected chi connectivity index (χ4v) is 3.65. The molecule has 3 rings (SSSR count). The van der Waals surface area contributed by atoms with Crippen LogP contribution in [0.3, 0.4) is 0 Å². The molecule has 0 fully saturated rings. The van der Waals surface area contributed by atoms with Gasteiger partial charge in [0.05, 0.1) is 16.1 Å². The van der Waals surface area contributed by atoms with E-state index in [4.69, 9.17) is 5.73 Å². The van der Waals surface area contributed by atoms with Crippen LogP contribution in [0.4, 0.5) is 5.82 Å². The first-order valence-corrected chi connectivity index (χ1v) is 7.73. The third kappa shape index (κ3) is 2.39. The largest absolute Gasteiger partial charge is 0.383 e. The maximum absolute atomic E-state index is 5.88. The van der Waals surface area contributed by atoms with Crippen molar-refractivity contribution >= 4 is 28.5 Å². The third-order valence-electron chi connectivity index (χ3n) is 2.84. The van der Waals surface area contributed by atoms with E-state index >= 15 is 0 Å². The Bertz CT molecular complexity index is 700. The fraction of sp³-hybridized carbons (Fsp3) is 0.143. The summed E-state index contributed by atoms with van der Waals surface area (Å²) < 4.78 is 0. The lowest BCUT2D eigenvalue weighted by Gasteiger charge is -1.98. The number of hydrogen-bond donors (Lipinski definition) is 1. The van der Waals surface area contributed by atoms with Gasteiger partial charge in [0.1, 0.15) is 10.8 Å². The highest BCUT2D eigenvalue weighted by Gasteiger charge is 2.10. The first-order chi connectivity index (χ1) is 9.28. The van der Waals surface area contributed by atoms with Crippen LogP contribution in [0.15, 0.2) is 35.8 Å². The van der Waals surface area contributed by atoms with Gasteiger partial charge in [-0.3, -0.25) is 0 Å². The molecule has 96 valence electrons. The Balaban J connectivity index is 1.97. The Hall–Kier alpha value is -1.72. The van der Waals surface area contributed by atoms with Crippen molar-refractivity contribution in [2.24, 2.45) is 0 Å². The van der Waals surface area contributed by atoms with Crippen molar-refractivity contribution in [2.75, 3.05) is 5.73 Å². The van der Waals surface area contributed by atoms with Crippen LogP contribution in [-0.2, 0) is 6.42 Å². The Morgan fingerprint density at radius 2 is 2.16 bits per heavy atom. The molecule has 0 amide bonds. The highest BCUT2D eigenvalue weighted by atomic mass is 32.1. The van der Waals surface area contributed by atoms with Gasteiger partial charge >= 0.3 is 0 Å². The Morgan fingerprint density at radius 3 is 2.89 bits per heavy atom. The summed E-state index contributed by atoms with van der Waals surface area (Å²) in [5.74, 6) is 0.531.